The molecular weight excluding hydrogens is 232 g/mol. The van der Waals surface area contributed by atoms with E-state index in [0.717, 1.165) is 5.56 Å². The number of amides is 2. The van der Waals surface area contributed by atoms with Crippen LogP contribution >= 0.6 is 0 Å². The zero-order chi connectivity index (χ0) is 13.6. The Morgan fingerprint density at radius 3 is 2.61 bits per heavy atom. The maximum absolute atomic E-state index is 11.4. The maximum atomic E-state index is 11.4. The topological polar surface area (TPSA) is 83.5 Å². The smallest absolute Gasteiger partial charge is 0.329 e. The minimum Gasteiger partial charge on any atom is -0.343 e. The Kier molecular flexibility index (Phi) is 4.53. The predicted molar refractivity (Wildman–Crippen MR) is 67.9 cm³/mol. The maximum Gasteiger partial charge on any atom is 0.329 e. The molecule has 0 radical (unpaired) electrons. The minimum absolute atomic E-state index is 0.457. The first kappa shape index (κ1) is 13.8. The van der Waals surface area contributed by atoms with Gasteiger partial charge < -0.3 is 5.32 Å². The Labute approximate surface area is 105 Å². The molecule has 6 nitrogen and oxygen atoms in total. The van der Waals surface area contributed by atoms with E-state index >= 15 is 0 Å². The van der Waals surface area contributed by atoms with Crippen molar-refractivity contribution < 1.29 is 9.59 Å². The van der Waals surface area contributed by atoms with Crippen molar-refractivity contribution in [2.75, 3.05) is 0 Å². The molecule has 0 unspecified atom stereocenters. The Morgan fingerprint density at radius 2 is 2.06 bits per heavy atom. The van der Waals surface area contributed by atoms with E-state index in [9.17, 15) is 9.59 Å². The lowest BCUT2D eigenvalue weighted by Gasteiger charge is -2.19. The summed E-state index contributed by atoms with van der Waals surface area (Å²) in [7, 11) is 0. The Bertz CT molecular complexity index is 449. The van der Waals surface area contributed by atoms with Gasteiger partial charge in [-0.3, -0.25) is 14.6 Å². The molecule has 0 saturated carbocycles. The van der Waals surface area contributed by atoms with Crippen molar-refractivity contribution in [2.45, 2.75) is 26.3 Å². The molecule has 0 bridgehead atoms. The second kappa shape index (κ2) is 5.90. The third-order valence-corrected chi connectivity index (χ3v) is 1.76. The van der Waals surface area contributed by atoms with Gasteiger partial charge in [-0.2, -0.15) is 5.10 Å². The summed E-state index contributed by atoms with van der Waals surface area (Å²) < 4.78 is 0. The average molecular weight is 248 g/mol. The number of nitrogens with one attached hydrogen (secondary N) is 2. The molecule has 0 fully saturated rings. The standard InChI is InChI=1S/C12H16N4O2/c1-12(2,3)15-10(17)11(18)16-14-8-9-5-4-6-13-7-9/h4-8H,1-3H3,(H,15,17)(H,16,18)/b14-8-. The first-order valence-corrected chi connectivity index (χ1v) is 5.44. The molecule has 1 aromatic heterocycles. The van der Waals surface area contributed by atoms with Gasteiger partial charge in [0, 0.05) is 23.5 Å². The summed E-state index contributed by atoms with van der Waals surface area (Å²) in [5.74, 6) is -1.52. The summed E-state index contributed by atoms with van der Waals surface area (Å²) in [5.41, 5.74) is 2.42. The van der Waals surface area contributed by atoms with Gasteiger partial charge in [-0.15, -0.1) is 0 Å². The monoisotopic (exact) mass is 248 g/mol. The van der Waals surface area contributed by atoms with E-state index in [2.05, 4.69) is 20.8 Å². The molecule has 2 N–H and O–H groups in total. The summed E-state index contributed by atoms with van der Waals surface area (Å²) >= 11 is 0. The van der Waals surface area contributed by atoms with Gasteiger partial charge >= 0.3 is 11.8 Å². The van der Waals surface area contributed by atoms with Crippen molar-refractivity contribution in [3.05, 3.63) is 30.1 Å². The number of hydrogen-bond acceptors (Lipinski definition) is 4. The first-order chi connectivity index (χ1) is 8.38. The van der Waals surface area contributed by atoms with Gasteiger partial charge in [-0.1, -0.05) is 6.07 Å². The van der Waals surface area contributed by atoms with E-state index in [1.54, 1.807) is 45.3 Å². The Morgan fingerprint density at radius 1 is 1.33 bits per heavy atom. The normalized spacial score (nSPS) is 11.3. The Balaban J connectivity index is 2.47. The molecule has 1 aromatic rings. The largest absolute Gasteiger partial charge is 0.343 e. The van der Waals surface area contributed by atoms with Gasteiger partial charge in [0.25, 0.3) is 0 Å². The van der Waals surface area contributed by atoms with Crippen molar-refractivity contribution in [2.24, 2.45) is 5.10 Å². The second-order valence-corrected chi connectivity index (χ2v) is 4.69. The van der Waals surface area contributed by atoms with Crippen LogP contribution in [0.1, 0.15) is 26.3 Å². The number of nitrogens with zero attached hydrogens (tertiary/aromatic N) is 2. The summed E-state index contributed by atoms with van der Waals surface area (Å²) in [6.45, 7) is 5.37. The molecule has 2 amide bonds. The minimum atomic E-state index is -0.801. The van der Waals surface area contributed by atoms with E-state index in [0.29, 0.717) is 0 Å². The number of pyridine rings is 1. The van der Waals surface area contributed by atoms with E-state index in [1.165, 1.54) is 6.21 Å². The average Bonchev–Trinajstić information content (AvgIpc) is 2.28. The lowest BCUT2D eigenvalue weighted by Crippen LogP contribution is -2.47. The molecule has 0 atom stereocenters. The van der Waals surface area contributed by atoms with Crippen LogP contribution < -0.4 is 10.7 Å². The number of aromatic nitrogens is 1. The summed E-state index contributed by atoms with van der Waals surface area (Å²) in [4.78, 5) is 26.6. The van der Waals surface area contributed by atoms with Crippen LogP contribution in [-0.2, 0) is 9.59 Å². The first-order valence-electron chi connectivity index (χ1n) is 5.44. The molecule has 18 heavy (non-hydrogen) atoms. The molecule has 1 rings (SSSR count). The van der Waals surface area contributed by atoms with Crippen LogP contribution in [-0.4, -0.2) is 28.6 Å². The molecule has 96 valence electrons. The van der Waals surface area contributed by atoms with E-state index in [4.69, 9.17) is 0 Å². The molecule has 0 aliphatic heterocycles. The Hall–Kier alpha value is -2.24. The third kappa shape index (κ3) is 5.20. The second-order valence-electron chi connectivity index (χ2n) is 4.69. The molecule has 6 heteroatoms. The SMILES string of the molecule is CC(C)(C)NC(=O)C(=O)N/N=C\c1cccnc1. The molecule has 0 saturated heterocycles. The molecular formula is C12H16N4O2. The lowest BCUT2D eigenvalue weighted by molar-refractivity contribution is -0.140. The molecule has 0 aromatic carbocycles. The van der Waals surface area contributed by atoms with Crippen LogP contribution in [0.2, 0.25) is 0 Å². The van der Waals surface area contributed by atoms with Gasteiger partial charge in [-0.05, 0) is 26.8 Å². The van der Waals surface area contributed by atoms with Crippen LogP contribution in [0.3, 0.4) is 0 Å². The highest BCUT2D eigenvalue weighted by Gasteiger charge is 2.19. The quantitative estimate of drug-likeness (QED) is 0.452. The zero-order valence-electron chi connectivity index (χ0n) is 10.6. The number of carbonyl (C=O) groups is 2. The van der Waals surface area contributed by atoms with Crippen LogP contribution in [0, 0.1) is 0 Å². The van der Waals surface area contributed by atoms with Crippen molar-refractivity contribution >= 4 is 18.0 Å². The van der Waals surface area contributed by atoms with Gasteiger partial charge in [0.15, 0.2) is 0 Å². The zero-order valence-corrected chi connectivity index (χ0v) is 10.6. The number of rotatable bonds is 2. The van der Waals surface area contributed by atoms with E-state index < -0.39 is 17.4 Å². The van der Waals surface area contributed by atoms with Crippen LogP contribution in [0.15, 0.2) is 29.6 Å². The van der Waals surface area contributed by atoms with Crippen molar-refractivity contribution in [3.8, 4) is 0 Å². The van der Waals surface area contributed by atoms with Crippen LogP contribution in [0.5, 0.6) is 0 Å². The predicted octanol–water partition coefficient (Wildman–Crippen LogP) is 0.446. The molecule has 0 aliphatic carbocycles. The number of hydrazone groups is 1. The van der Waals surface area contributed by atoms with Crippen molar-refractivity contribution in [1.82, 2.24) is 15.7 Å². The molecule has 1 heterocycles. The van der Waals surface area contributed by atoms with Gasteiger partial charge in [0.2, 0.25) is 0 Å². The summed E-state index contributed by atoms with van der Waals surface area (Å²) in [6, 6.07) is 3.52. The van der Waals surface area contributed by atoms with Gasteiger partial charge in [-0.25, -0.2) is 5.43 Å². The van der Waals surface area contributed by atoms with Crippen molar-refractivity contribution in [1.29, 1.82) is 0 Å². The molecule has 0 spiro atoms. The fourth-order valence-electron chi connectivity index (χ4n) is 1.07. The lowest BCUT2D eigenvalue weighted by atomic mass is 10.1. The summed E-state index contributed by atoms with van der Waals surface area (Å²) in [6.07, 6.45) is 4.63. The highest BCUT2D eigenvalue weighted by Crippen LogP contribution is 1.97. The van der Waals surface area contributed by atoms with Gasteiger partial charge in [0.05, 0.1) is 6.21 Å². The highest BCUT2D eigenvalue weighted by atomic mass is 16.2. The number of hydrogen-bond donors (Lipinski definition) is 2. The van der Waals surface area contributed by atoms with E-state index in [1.807, 2.05) is 0 Å². The highest BCUT2D eigenvalue weighted by molar-refractivity contribution is 6.35. The third-order valence-electron chi connectivity index (χ3n) is 1.76. The van der Waals surface area contributed by atoms with Gasteiger partial charge in [0.1, 0.15) is 0 Å². The van der Waals surface area contributed by atoms with Crippen LogP contribution in [0.4, 0.5) is 0 Å². The van der Waals surface area contributed by atoms with Crippen molar-refractivity contribution in [3.63, 3.8) is 0 Å². The fraction of sp³-hybridized carbons (Fsp3) is 0.333. The van der Waals surface area contributed by atoms with E-state index in [-0.39, 0.29) is 0 Å². The fourth-order valence-corrected chi connectivity index (χ4v) is 1.07. The molecule has 0 aliphatic rings. The van der Waals surface area contributed by atoms with Crippen LogP contribution in [0.25, 0.3) is 0 Å². The summed E-state index contributed by atoms with van der Waals surface area (Å²) in [5, 5.41) is 6.20. The number of carbonyl (C=O) groups excluding carboxylic acids is 2.